The monoisotopic (exact) mass is 764 g/mol. The van der Waals surface area contributed by atoms with Gasteiger partial charge in [-0.2, -0.15) is 0 Å². The van der Waals surface area contributed by atoms with Crippen LogP contribution in [0.2, 0.25) is 0 Å². The van der Waals surface area contributed by atoms with Crippen molar-refractivity contribution in [3.8, 4) is 0 Å². The van der Waals surface area contributed by atoms with Gasteiger partial charge in [0.1, 0.15) is 45.6 Å². The maximum absolute atomic E-state index is 13.9. The number of halogens is 4. The first-order valence-corrected chi connectivity index (χ1v) is 18.7. The number of rotatable bonds is 6. The highest BCUT2D eigenvalue weighted by atomic mass is 19.1. The first-order valence-electron chi connectivity index (χ1n) is 18.7. The molecule has 0 N–H and O–H groups in total. The van der Waals surface area contributed by atoms with Crippen LogP contribution in [0.4, 0.5) is 51.7 Å². The van der Waals surface area contributed by atoms with Gasteiger partial charge in [-0.3, -0.25) is 0 Å². The summed E-state index contributed by atoms with van der Waals surface area (Å²) in [5.41, 5.74) is 7.46. The summed E-state index contributed by atoms with van der Waals surface area (Å²) in [6.07, 6.45) is 0. The number of benzene rings is 9. The Hall–Kier alpha value is -7.58. The predicted octanol–water partition coefficient (Wildman–Crippen LogP) is 15.3. The standard InChI is InChI=1S/C50H28F4N2O2/c51-31-3-11-35(12-4-31)55(36-13-5-32(52)6-14-36)39-19-23-41-29(25-39)1-21-43-45-27-46-44-22-2-30-26-40(20-24-42(30)50(44)58-48(46)28-47(45)57-49(41)43)56(37-15-7-33(53)8-16-37)38-17-9-34(54)10-18-38/h1-28H. The summed E-state index contributed by atoms with van der Waals surface area (Å²) in [5, 5.41) is 7.58. The Balaban J connectivity index is 1.00. The van der Waals surface area contributed by atoms with Gasteiger partial charge in [0.15, 0.2) is 0 Å². The Bertz CT molecular complexity index is 3060. The van der Waals surface area contributed by atoms with Gasteiger partial charge in [-0.25, -0.2) is 17.6 Å². The minimum absolute atomic E-state index is 0.341. The zero-order valence-electron chi connectivity index (χ0n) is 30.4. The van der Waals surface area contributed by atoms with E-state index in [2.05, 4.69) is 30.3 Å². The average Bonchev–Trinajstić information content (AvgIpc) is 3.80. The van der Waals surface area contributed by atoms with Gasteiger partial charge in [0.25, 0.3) is 0 Å². The molecule has 0 spiro atoms. The molecule has 2 heterocycles. The molecular formula is C50H28F4N2O2. The van der Waals surface area contributed by atoms with Crippen LogP contribution in [0.25, 0.3) is 65.4 Å². The summed E-state index contributed by atoms with van der Waals surface area (Å²) < 4.78 is 68.8. The summed E-state index contributed by atoms with van der Waals surface area (Å²) in [4.78, 5) is 3.91. The van der Waals surface area contributed by atoms with Crippen LogP contribution in [0.1, 0.15) is 0 Å². The van der Waals surface area contributed by atoms with Crippen LogP contribution in [0.15, 0.2) is 179 Å². The lowest BCUT2D eigenvalue weighted by Crippen LogP contribution is -2.10. The molecular weight excluding hydrogens is 737 g/mol. The molecule has 0 unspecified atom stereocenters. The molecule has 0 bridgehead atoms. The normalized spacial score (nSPS) is 11.8. The lowest BCUT2D eigenvalue weighted by atomic mass is 10.0. The van der Waals surface area contributed by atoms with Gasteiger partial charge in [-0.05, 0) is 162 Å². The molecule has 0 aliphatic heterocycles. The van der Waals surface area contributed by atoms with Crippen molar-refractivity contribution in [1.29, 1.82) is 0 Å². The molecule has 0 fully saturated rings. The summed E-state index contributed by atoms with van der Waals surface area (Å²) in [5.74, 6) is -1.37. The summed E-state index contributed by atoms with van der Waals surface area (Å²) in [6, 6.07) is 49.3. The average molecular weight is 765 g/mol. The van der Waals surface area contributed by atoms with Crippen LogP contribution in [-0.2, 0) is 0 Å². The van der Waals surface area contributed by atoms with Crippen LogP contribution >= 0.6 is 0 Å². The third-order valence-corrected chi connectivity index (χ3v) is 10.8. The van der Waals surface area contributed by atoms with E-state index in [4.69, 9.17) is 8.83 Å². The Labute approximate surface area is 328 Å². The van der Waals surface area contributed by atoms with Gasteiger partial charge in [0.2, 0.25) is 0 Å². The van der Waals surface area contributed by atoms with E-state index in [1.807, 2.05) is 52.3 Å². The van der Waals surface area contributed by atoms with E-state index in [0.717, 1.165) is 88.4 Å². The van der Waals surface area contributed by atoms with Gasteiger partial charge in [-0.15, -0.1) is 0 Å². The van der Waals surface area contributed by atoms with Crippen LogP contribution < -0.4 is 9.80 Å². The molecule has 0 aliphatic rings. The van der Waals surface area contributed by atoms with Crippen molar-refractivity contribution in [2.45, 2.75) is 0 Å². The first kappa shape index (κ1) is 33.7. The van der Waals surface area contributed by atoms with Gasteiger partial charge in [0, 0.05) is 72.5 Å². The predicted molar refractivity (Wildman–Crippen MR) is 225 cm³/mol. The van der Waals surface area contributed by atoms with E-state index < -0.39 is 0 Å². The highest BCUT2D eigenvalue weighted by Crippen LogP contribution is 2.44. The Morgan fingerprint density at radius 1 is 0.276 bits per heavy atom. The molecule has 11 aromatic rings. The molecule has 11 rings (SSSR count). The quantitative estimate of drug-likeness (QED) is 0.158. The minimum Gasteiger partial charge on any atom is -0.455 e. The number of anilines is 6. The topological polar surface area (TPSA) is 32.8 Å². The summed E-state index contributed by atoms with van der Waals surface area (Å²) in [6.45, 7) is 0. The van der Waals surface area contributed by atoms with Gasteiger partial charge in [0.05, 0.1) is 0 Å². The number of fused-ring (bicyclic) bond motifs is 10. The van der Waals surface area contributed by atoms with Crippen molar-refractivity contribution < 1.29 is 26.4 Å². The summed E-state index contributed by atoms with van der Waals surface area (Å²) >= 11 is 0. The SMILES string of the molecule is Fc1ccc(N(c2ccc(F)cc2)c2ccc3c(ccc4c5cc6c(cc5oc34)oc3c4ccc(N(c5ccc(F)cc5)c5ccc(F)cc5)cc4ccc63)c2)cc1. The molecule has 0 radical (unpaired) electrons. The van der Waals surface area contributed by atoms with Crippen molar-refractivity contribution in [3.63, 3.8) is 0 Å². The molecule has 2 aromatic heterocycles. The largest absolute Gasteiger partial charge is 0.455 e. The smallest absolute Gasteiger partial charge is 0.143 e. The van der Waals surface area contributed by atoms with Crippen molar-refractivity contribution in [2.24, 2.45) is 0 Å². The molecule has 58 heavy (non-hydrogen) atoms. The summed E-state index contributed by atoms with van der Waals surface area (Å²) in [7, 11) is 0. The maximum atomic E-state index is 13.9. The second-order valence-electron chi connectivity index (χ2n) is 14.3. The molecule has 0 saturated heterocycles. The van der Waals surface area contributed by atoms with E-state index in [-0.39, 0.29) is 23.3 Å². The zero-order valence-corrected chi connectivity index (χ0v) is 30.4. The van der Waals surface area contributed by atoms with E-state index in [1.54, 1.807) is 48.5 Å². The van der Waals surface area contributed by atoms with Crippen molar-refractivity contribution in [3.05, 3.63) is 193 Å². The minimum atomic E-state index is -0.341. The third-order valence-electron chi connectivity index (χ3n) is 10.8. The fourth-order valence-electron chi connectivity index (χ4n) is 8.13. The Morgan fingerprint density at radius 3 is 0.931 bits per heavy atom. The lowest BCUT2D eigenvalue weighted by Gasteiger charge is -2.25. The lowest BCUT2D eigenvalue weighted by molar-refractivity contribution is 0.627. The van der Waals surface area contributed by atoms with E-state index >= 15 is 0 Å². The van der Waals surface area contributed by atoms with Crippen molar-refractivity contribution >= 4 is 99.5 Å². The van der Waals surface area contributed by atoms with Crippen LogP contribution in [0.5, 0.6) is 0 Å². The third kappa shape index (κ3) is 5.52. The zero-order chi connectivity index (χ0) is 39.1. The molecule has 0 aliphatic carbocycles. The molecule has 9 aromatic carbocycles. The van der Waals surface area contributed by atoms with Crippen LogP contribution in [0.3, 0.4) is 0 Å². The second-order valence-corrected chi connectivity index (χ2v) is 14.3. The number of furan rings is 2. The number of nitrogens with zero attached hydrogens (tertiary/aromatic N) is 2. The van der Waals surface area contributed by atoms with Crippen LogP contribution in [0, 0.1) is 23.3 Å². The van der Waals surface area contributed by atoms with Crippen molar-refractivity contribution in [1.82, 2.24) is 0 Å². The molecule has 4 nitrogen and oxygen atoms in total. The van der Waals surface area contributed by atoms with Crippen LogP contribution in [-0.4, -0.2) is 0 Å². The number of hydrogen-bond donors (Lipinski definition) is 0. The highest BCUT2D eigenvalue weighted by Gasteiger charge is 2.20. The molecule has 0 amide bonds. The van der Waals surface area contributed by atoms with Gasteiger partial charge in [-0.1, -0.05) is 12.1 Å². The van der Waals surface area contributed by atoms with Gasteiger partial charge < -0.3 is 18.6 Å². The fourth-order valence-corrected chi connectivity index (χ4v) is 8.13. The second kappa shape index (κ2) is 13.0. The van der Waals surface area contributed by atoms with Crippen molar-refractivity contribution in [2.75, 3.05) is 9.80 Å². The number of hydrogen-bond acceptors (Lipinski definition) is 4. The first-order chi connectivity index (χ1) is 28.3. The van der Waals surface area contributed by atoms with E-state index in [1.165, 1.54) is 48.5 Å². The Kier molecular flexibility index (Phi) is 7.56. The molecule has 0 saturated carbocycles. The molecule has 8 heteroatoms. The molecule has 278 valence electrons. The Morgan fingerprint density at radius 2 is 0.586 bits per heavy atom. The van der Waals surface area contributed by atoms with E-state index in [0.29, 0.717) is 11.2 Å². The fraction of sp³-hybridized carbons (Fsp3) is 0. The highest BCUT2D eigenvalue weighted by molar-refractivity contribution is 6.22. The maximum Gasteiger partial charge on any atom is 0.143 e. The van der Waals surface area contributed by atoms with Gasteiger partial charge >= 0.3 is 0 Å². The molecule has 0 atom stereocenters. The van der Waals surface area contributed by atoms with E-state index in [9.17, 15) is 17.6 Å².